The minimum Gasteiger partial charge on any atom is -0.421 e. The van der Waals surface area contributed by atoms with Crippen LogP contribution < -0.4 is 20.7 Å². The lowest BCUT2D eigenvalue weighted by Gasteiger charge is -2.60. The van der Waals surface area contributed by atoms with Gasteiger partial charge in [0.15, 0.2) is 5.75 Å². The quantitative estimate of drug-likeness (QED) is 0.448. The van der Waals surface area contributed by atoms with E-state index < -0.39 is 0 Å². The molecule has 164 valence electrons. The number of benzene rings is 1. The predicted molar refractivity (Wildman–Crippen MR) is 120 cm³/mol. The number of nitrogens with one attached hydrogen (secondary N) is 2. The number of aromatic amines is 1. The largest absolute Gasteiger partial charge is 0.421 e. The van der Waals surface area contributed by atoms with Gasteiger partial charge in [-0.3, -0.25) is 0 Å². The molecule has 1 aromatic carbocycles. The molecule has 32 heavy (non-hydrogen) atoms. The Morgan fingerprint density at radius 2 is 2.03 bits per heavy atom. The van der Waals surface area contributed by atoms with Crippen molar-refractivity contribution in [2.75, 3.05) is 30.4 Å². The van der Waals surface area contributed by atoms with Crippen LogP contribution in [0.4, 0.5) is 15.9 Å². The SMILES string of the molecule is CNc1cc(F)cc2c1[nH]c1nc(Oc3cnc(C)nc3)nc(N3CC4(CC[C@H]4N)C3)c12. The van der Waals surface area contributed by atoms with Gasteiger partial charge in [0.2, 0.25) is 0 Å². The predicted octanol–water partition coefficient (Wildman–Crippen LogP) is 3.11. The number of rotatable bonds is 4. The van der Waals surface area contributed by atoms with Crippen LogP contribution in [0.25, 0.3) is 21.9 Å². The minimum absolute atomic E-state index is 0.149. The van der Waals surface area contributed by atoms with Crippen LogP contribution in [-0.4, -0.2) is 51.1 Å². The van der Waals surface area contributed by atoms with Gasteiger partial charge in [-0.05, 0) is 31.9 Å². The zero-order chi connectivity index (χ0) is 22.0. The second kappa shape index (κ2) is 6.73. The Labute approximate surface area is 183 Å². The monoisotopic (exact) mass is 434 g/mol. The molecule has 9 nitrogen and oxygen atoms in total. The number of halogens is 1. The Kier molecular flexibility index (Phi) is 4.03. The van der Waals surface area contributed by atoms with Crippen molar-refractivity contribution in [1.82, 2.24) is 24.9 Å². The molecule has 3 aromatic heterocycles. The Balaban J connectivity index is 1.50. The fourth-order valence-electron chi connectivity index (χ4n) is 4.81. The molecular formula is C22H23FN8O. The third kappa shape index (κ3) is 2.79. The summed E-state index contributed by atoms with van der Waals surface area (Å²) in [7, 11) is 1.76. The van der Waals surface area contributed by atoms with Gasteiger partial charge < -0.3 is 25.7 Å². The normalized spacial score (nSPS) is 19.2. The number of nitrogens with zero attached hydrogens (tertiary/aromatic N) is 5. The first-order chi connectivity index (χ1) is 15.5. The number of ether oxygens (including phenoxy) is 1. The first kappa shape index (κ1) is 19.2. The van der Waals surface area contributed by atoms with Gasteiger partial charge in [0.05, 0.1) is 29.0 Å². The van der Waals surface area contributed by atoms with E-state index in [1.54, 1.807) is 26.4 Å². The van der Waals surface area contributed by atoms with E-state index in [-0.39, 0.29) is 23.3 Å². The van der Waals surface area contributed by atoms with E-state index in [9.17, 15) is 4.39 Å². The average Bonchev–Trinajstić information content (AvgIpc) is 3.11. The summed E-state index contributed by atoms with van der Waals surface area (Å²) in [5, 5.41) is 4.54. The van der Waals surface area contributed by atoms with E-state index in [4.69, 9.17) is 15.5 Å². The van der Waals surface area contributed by atoms with E-state index >= 15 is 0 Å². The second-order valence-corrected chi connectivity index (χ2v) is 8.74. The third-order valence-electron chi connectivity index (χ3n) is 6.77. The first-order valence-electron chi connectivity index (χ1n) is 10.6. The average molecular weight is 434 g/mol. The Bertz CT molecular complexity index is 1350. The summed E-state index contributed by atoms with van der Waals surface area (Å²) in [5.41, 5.74) is 8.43. The molecule has 4 aromatic rings. The molecule has 1 atom stereocenters. The molecule has 4 heterocycles. The molecule has 4 N–H and O–H groups in total. The van der Waals surface area contributed by atoms with Crippen molar-refractivity contribution in [1.29, 1.82) is 0 Å². The van der Waals surface area contributed by atoms with Crippen LogP contribution >= 0.6 is 0 Å². The van der Waals surface area contributed by atoms with E-state index in [1.807, 2.05) is 0 Å². The topological polar surface area (TPSA) is 118 Å². The van der Waals surface area contributed by atoms with Gasteiger partial charge in [-0.15, -0.1) is 0 Å². The molecule has 0 amide bonds. The van der Waals surface area contributed by atoms with Crippen molar-refractivity contribution >= 4 is 33.4 Å². The number of H-pyrrole nitrogens is 1. The van der Waals surface area contributed by atoms with Crippen molar-refractivity contribution < 1.29 is 9.13 Å². The highest BCUT2D eigenvalue weighted by atomic mass is 19.1. The number of aryl methyl sites for hydroxylation is 1. The third-order valence-corrected chi connectivity index (χ3v) is 6.77. The van der Waals surface area contributed by atoms with Crippen molar-refractivity contribution in [3.8, 4) is 11.8 Å². The fraction of sp³-hybridized carbons (Fsp3) is 0.364. The maximum absolute atomic E-state index is 14.4. The molecule has 1 saturated carbocycles. The summed E-state index contributed by atoms with van der Waals surface area (Å²) in [4.78, 5) is 23.1. The standard InChI is InChI=1S/C22H23FN8O/c1-11-26-7-13(8-27-11)32-21-29-19-17(14-5-12(23)6-15(25-2)18(14)28-19)20(30-21)31-9-22(10-31)4-3-16(22)24/h5-8,16,25H,3-4,9-10,24H2,1-2H3,(H,28,29,30)/t16-/m1/s1. The van der Waals surface area contributed by atoms with Gasteiger partial charge in [-0.1, -0.05) is 0 Å². The van der Waals surface area contributed by atoms with E-state index in [0.29, 0.717) is 28.7 Å². The van der Waals surface area contributed by atoms with Crippen LogP contribution in [0.5, 0.6) is 11.8 Å². The molecule has 1 aliphatic carbocycles. The number of aromatic nitrogens is 5. The van der Waals surface area contributed by atoms with Crippen LogP contribution in [0, 0.1) is 18.2 Å². The molecule has 1 spiro atoms. The van der Waals surface area contributed by atoms with Gasteiger partial charge in [0.1, 0.15) is 23.1 Å². The molecule has 0 bridgehead atoms. The molecule has 6 rings (SSSR count). The maximum Gasteiger partial charge on any atom is 0.326 e. The zero-order valence-corrected chi connectivity index (χ0v) is 17.8. The lowest BCUT2D eigenvalue weighted by atomic mass is 9.60. The number of fused-ring (bicyclic) bond motifs is 3. The van der Waals surface area contributed by atoms with Crippen LogP contribution in [0.3, 0.4) is 0 Å². The van der Waals surface area contributed by atoms with Crippen molar-refractivity contribution in [2.24, 2.45) is 11.1 Å². The number of anilines is 2. The highest BCUT2D eigenvalue weighted by molar-refractivity contribution is 6.14. The number of nitrogens with two attached hydrogens (primary N) is 1. The summed E-state index contributed by atoms with van der Waals surface area (Å²) in [6.07, 6.45) is 5.34. The Hall–Kier alpha value is -3.53. The highest BCUT2D eigenvalue weighted by Crippen LogP contribution is 2.50. The molecular weight excluding hydrogens is 411 g/mol. The smallest absolute Gasteiger partial charge is 0.326 e. The molecule has 0 radical (unpaired) electrons. The number of hydrogen-bond donors (Lipinski definition) is 3. The van der Waals surface area contributed by atoms with E-state index in [1.165, 1.54) is 12.1 Å². The molecule has 2 aliphatic rings. The molecule has 2 fully saturated rings. The van der Waals surface area contributed by atoms with Crippen LogP contribution in [-0.2, 0) is 0 Å². The van der Waals surface area contributed by atoms with Gasteiger partial charge >= 0.3 is 6.01 Å². The molecule has 1 saturated heterocycles. The van der Waals surface area contributed by atoms with Crippen molar-refractivity contribution in [3.63, 3.8) is 0 Å². The van der Waals surface area contributed by atoms with Crippen LogP contribution in [0.2, 0.25) is 0 Å². The molecule has 1 aliphatic heterocycles. The van der Waals surface area contributed by atoms with Crippen LogP contribution in [0.1, 0.15) is 18.7 Å². The van der Waals surface area contributed by atoms with Gasteiger partial charge in [0, 0.05) is 37.0 Å². The lowest BCUT2D eigenvalue weighted by molar-refractivity contribution is 0.0559. The van der Waals surface area contributed by atoms with Crippen molar-refractivity contribution in [3.05, 3.63) is 36.2 Å². The highest BCUT2D eigenvalue weighted by Gasteiger charge is 2.53. The maximum atomic E-state index is 14.4. The van der Waals surface area contributed by atoms with Crippen LogP contribution in [0.15, 0.2) is 24.5 Å². The minimum atomic E-state index is -0.327. The second-order valence-electron chi connectivity index (χ2n) is 8.74. The molecule has 10 heteroatoms. The lowest BCUT2D eigenvalue weighted by Crippen LogP contribution is -2.69. The summed E-state index contributed by atoms with van der Waals surface area (Å²) < 4.78 is 20.3. The van der Waals surface area contributed by atoms with Crippen molar-refractivity contribution in [2.45, 2.75) is 25.8 Å². The summed E-state index contributed by atoms with van der Waals surface area (Å²) in [5.74, 6) is 1.48. The number of hydrogen-bond acceptors (Lipinski definition) is 8. The zero-order valence-electron chi connectivity index (χ0n) is 17.8. The fourth-order valence-corrected chi connectivity index (χ4v) is 4.81. The summed E-state index contributed by atoms with van der Waals surface area (Å²) in [6, 6.07) is 3.36. The summed E-state index contributed by atoms with van der Waals surface area (Å²) >= 11 is 0. The Morgan fingerprint density at radius 1 is 1.25 bits per heavy atom. The first-order valence-corrected chi connectivity index (χ1v) is 10.6. The van der Waals surface area contributed by atoms with E-state index in [0.717, 1.165) is 42.2 Å². The Morgan fingerprint density at radius 3 is 2.69 bits per heavy atom. The molecule has 0 unspecified atom stereocenters. The van der Waals surface area contributed by atoms with Gasteiger partial charge in [0.25, 0.3) is 0 Å². The van der Waals surface area contributed by atoms with Gasteiger partial charge in [-0.25, -0.2) is 14.4 Å². The van der Waals surface area contributed by atoms with E-state index in [2.05, 4.69) is 30.2 Å². The summed E-state index contributed by atoms with van der Waals surface area (Å²) in [6.45, 7) is 3.43. The van der Waals surface area contributed by atoms with Gasteiger partial charge in [-0.2, -0.15) is 9.97 Å².